The molecule has 2 rings (SSSR count). The average molecular weight is 283 g/mol. The molecule has 1 aliphatic heterocycles. The van der Waals surface area contributed by atoms with Crippen molar-refractivity contribution in [1.29, 1.82) is 0 Å². The maximum Gasteiger partial charge on any atom is 0.231 e. The van der Waals surface area contributed by atoms with E-state index < -0.39 is 0 Å². The van der Waals surface area contributed by atoms with Gasteiger partial charge in [0.1, 0.15) is 0 Å². The van der Waals surface area contributed by atoms with Crippen LogP contribution in [0.4, 0.5) is 0 Å². The third-order valence-electron chi connectivity index (χ3n) is 2.93. The predicted molar refractivity (Wildman–Crippen MR) is 73.0 cm³/mol. The van der Waals surface area contributed by atoms with Crippen LogP contribution in [0, 0.1) is 0 Å². The molecule has 2 N–H and O–H groups in total. The zero-order chi connectivity index (χ0) is 14.2. The maximum atomic E-state index is 6.07. The van der Waals surface area contributed by atoms with Gasteiger partial charge in [-0.1, -0.05) is 6.07 Å². The molecule has 6 nitrogen and oxygen atoms in total. The van der Waals surface area contributed by atoms with E-state index in [9.17, 15) is 0 Å². The Bertz CT molecular complexity index is 413. The number of ether oxygens (including phenoxy) is 5. The van der Waals surface area contributed by atoms with E-state index in [2.05, 4.69) is 0 Å². The van der Waals surface area contributed by atoms with Crippen molar-refractivity contribution in [3.05, 3.63) is 23.8 Å². The molecular weight excluding hydrogens is 262 g/mol. The smallest absolute Gasteiger partial charge is 0.231 e. The predicted octanol–water partition coefficient (Wildman–Crippen LogP) is 1.09. The third kappa shape index (κ3) is 4.35. The fourth-order valence-corrected chi connectivity index (χ4v) is 1.81. The third-order valence-corrected chi connectivity index (χ3v) is 2.93. The highest BCUT2D eigenvalue weighted by molar-refractivity contribution is 5.45. The lowest BCUT2D eigenvalue weighted by atomic mass is 10.1. The molecule has 0 aromatic heterocycles. The second-order valence-corrected chi connectivity index (χ2v) is 4.40. The van der Waals surface area contributed by atoms with E-state index in [4.69, 9.17) is 29.4 Å². The summed E-state index contributed by atoms with van der Waals surface area (Å²) >= 11 is 0. The van der Waals surface area contributed by atoms with E-state index in [-0.39, 0.29) is 12.8 Å². The Morgan fingerprint density at radius 2 is 1.85 bits per heavy atom. The van der Waals surface area contributed by atoms with E-state index in [0.29, 0.717) is 33.0 Å². The summed E-state index contributed by atoms with van der Waals surface area (Å²) in [6.07, 6.45) is 0. The number of hydrogen-bond donors (Lipinski definition) is 1. The van der Waals surface area contributed by atoms with Gasteiger partial charge in [0.15, 0.2) is 11.5 Å². The van der Waals surface area contributed by atoms with Crippen LogP contribution in [0.2, 0.25) is 0 Å². The van der Waals surface area contributed by atoms with Gasteiger partial charge in [0.25, 0.3) is 0 Å². The summed E-state index contributed by atoms with van der Waals surface area (Å²) in [5.41, 5.74) is 7.04. The molecule has 0 saturated heterocycles. The number of fused-ring (bicyclic) bond motifs is 1. The van der Waals surface area contributed by atoms with E-state index in [0.717, 1.165) is 17.1 Å². The van der Waals surface area contributed by atoms with Gasteiger partial charge >= 0.3 is 0 Å². The van der Waals surface area contributed by atoms with Crippen molar-refractivity contribution in [1.82, 2.24) is 0 Å². The molecule has 112 valence electrons. The van der Waals surface area contributed by atoms with Crippen LogP contribution in [0.5, 0.6) is 11.5 Å². The van der Waals surface area contributed by atoms with Crippen molar-refractivity contribution in [2.45, 2.75) is 6.04 Å². The quantitative estimate of drug-likeness (QED) is 0.684. The Labute approximate surface area is 118 Å². The highest BCUT2D eigenvalue weighted by Gasteiger charge is 2.15. The molecular formula is C14H21NO5. The fourth-order valence-electron chi connectivity index (χ4n) is 1.81. The number of nitrogens with two attached hydrogens (primary N) is 1. The van der Waals surface area contributed by atoms with Crippen LogP contribution in [0.3, 0.4) is 0 Å². The van der Waals surface area contributed by atoms with E-state index >= 15 is 0 Å². The fraction of sp³-hybridized carbons (Fsp3) is 0.571. The van der Waals surface area contributed by atoms with Gasteiger partial charge in [-0.3, -0.25) is 0 Å². The van der Waals surface area contributed by atoms with Crippen molar-refractivity contribution in [3.8, 4) is 11.5 Å². The van der Waals surface area contributed by atoms with Gasteiger partial charge in [-0.25, -0.2) is 0 Å². The molecule has 0 saturated carbocycles. The Kier molecular flexibility index (Phi) is 6.07. The molecule has 1 aromatic rings. The Morgan fingerprint density at radius 1 is 1.10 bits per heavy atom. The summed E-state index contributed by atoms with van der Waals surface area (Å²) in [5.74, 6) is 1.49. The first-order valence-electron chi connectivity index (χ1n) is 6.61. The average Bonchev–Trinajstić information content (AvgIpc) is 2.93. The van der Waals surface area contributed by atoms with Gasteiger partial charge in [-0.15, -0.1) is 0 Å². The monoisotopic (exact) mass is 283 g/mol. The van der Waals surface area contributed by atoms with Crippen molar-refractivity contribution >= 4 is 0 Å². The van der Waals surface area contributed by atoms with E-state index in [1.54, 1.807) is 7.11 Å². The molecule has 6 heteroatoms. The second-order valence-electron chi connectivity index (χ2n) is 4.40. The van der Waals surface area contributed by atoms with Crippen molar-refractivity contribution < 1.29 is 23.7 Å². The number of rotatable bonds is 9. The largest absolute Gasteiger partial charge is 0.454 e. The Morgan fingerprint density at radius 3 is 2.70 bits per heavy atom. The first kappa shape index (κ1) is 15.1. The first-order valence-corrected chi connectivity index (χ1v) is 6.61. The van der Waals surface area contributed by atoms with Gasteiger partial charge in [0.05, 0.1) is 39.1 Å². The minimum atomic E-state index is -0.191. The number of methoxy groups -OCH3 is 1. The van der Waals surface area contributed by atoms with Crippen molar-refractivity contribution in [2.24, 2.45) is 5.73 Å². The Balaban J connectivity index is 1.66. The van der Waals surface area contributed by atoms with Gasteiger partial charge < -0.3 is 29.4 Å². The summed E-state index contributed by atoms with van der Waals surface area (Å²) in [7, 11) is 1.64. The van der Waals surface area contributed by atoms with Crippen LogP contribution in [0.25, 0.3) is 0 Å². The van der Waals surface area contributed by atoms with Crippen LogP contribution in [0.15, 0.2) is 18.2 Å². The summed E-state index contributed by atoms with van der Waals surface area (Å²) in [6, 6.07) is 5.50. The SMILES string of the molecule is COCCOCCOCC(N)c1ccc2c(c1)OCO2. The molecule has 0 radical (unpaired) electrons. The zero-order valence-electron chi connectivity index (χ0n) is 11.7. The summed E-state index contributed by atoms with van der Waals surface area (Å²) in [5, 5.41) is 0. The minimum absolute atomic E-state index is 0.191. The molecule has 0 spiro atoms. The summed E-state index contributed by atoms with van der Waals surface area (Å²) in [6.45, 7) is 2.93. The lowest BCUT2D eigenvalue weighted by Gasteiger charge is -2.13. The molecule has 1 aliphatic rings. The Hall–Kier alpha value is -1.34. The second kappa shape index (κ2) is 8.06. The molecule has 0 bridgehead atoms. The van der Waals surface area contributed by atoms with Gasteiger partial charge in [-0.2, -0.15) is 0 Å². The lowest BCUT2D eigenvalue weighted by molar-refractivity contribution is 0.0216. The van der Waals surface area contributed by atoms with Crippen LogP contribution in [-0.4, -0.2) is 46.9 Å². The summed E-state index contributed by atoms with van der Waals surface area (Å²) in [4.78, 5) is 0. The molecule has 1 unspecified atom stereocenters. The molecule has 1 atom stereocenters. The number of hydrogen-bond acceptors (Lipinski definition) is 6. The van der Waals surface area contributed by atoms with Gasteiger partial charge in [-0.05, 0) is 17.7 Å². The minimum Gasteiger partial charge on any atom is -0.454 e. The molecule has 1 heterocycles. The molecule has 1 aromatic carbocycles. The van der Waals surface area contributed by atoms with Crippen molar-refractivity contribution in [3.63, 3.8) is 0 Å². The van der Waals surface area contributed by atoms with E-state index in [1.807, 2.05) is 18.2 Å². The lowest BCUT2D eigenvalue weighted by Crippen LogP contribution is -2.19. The van der Waals surface area contributed by atoms with Crippen LogP contribution < -0.4 is 15.2 Å². The van der Waals surface area contributed by atoms with Crippen molar-refractivity contribution in [2.75, 3.05) is 46.9 Å². The zero-order valence-corrected chi connectivity index (χ0v) is 11.7. The molecule has 0 amide bonds. The molecule has 0 aliphatic carbocycles. The maximum absolute atomic E-state index is 6.07. The standard InChI is InChI=1S/C14H21NO5/c1-16-4-5-17-6-7-18-9-12(15)11-2-3-13-14(8-11)20-10-19-13/h2-3,8,12H,4-7,9-10,15H2,1H3. The van der Waals surface area contributed by atoms with Gasteiger partial charge in [0.2, 0.25) is 6.79 Å². The molecule has 0 fully saturated rings. The van der Waals surface area contributed by atoms with Crippen LogP contribution in [-0.2, 0) is 14.2 Å². The normalized spacial score (nSPS) is 14.5. The van der Waals surface area contributed by atoms with Crippen LogP contribution in [0.1, 0.15) is 11.6 Å². The van der Waals surface area contributed by atoms with Gasteiger partial charge in [0, 0.05) is 7.11 Å². The highest BCUT2D eigenvalue weighted by atomic mass is 16.7. The number of benzene rings is 1. The van der Waals surface area contributed by atoms with E-state index in [1.165, 1.54) is 0 Å². The van der Waals surface area contributed by atoms with Crippen LogP contribution >= 0.6 is 0 Å². The molecule has 20 heavy (non-hydrogen) atoms. The summed E-state index contributed by atoms with van der Waals surface area (Å²) < 4.78 is 26.2. The first-order chi connectivity index (χ1) is 9.81. The topological polar surface area (TPSA) is 72.2 Å². The highest BCUT2D eigenvalue weighted by Crippen LogP contribution is 2.33.